The van der Waals surface area contributed by atoms with Gasteiger partial charge in [-0.15, -0.1) is 0 Å². The fourth-order valence-electron chi connectivity index (χ4n) is 5.55. The van der Waals surface area contributed by atoms with E-state index >= 15 is 0 Å². The van der Waals surface area contributed by atoms with Crippen LogP contribution in [0.1, 0.15) is 92.1 Å². The summed E-state index contributed by atoms with van der Waals surface area (Å²) in [6.45, 7) is -0.394. The zero-order valence-corrected chi connectivity index (χ0v) is 21.5. The van der Waals surface area contributed by atoms with Crippen LogP contribution in [0.15, 0.2) is 18.2 Å². The number of carboxylic acid groups (broad SMARTS) is 1. The van der Waals surface area contributed by atoms with E-state index in [1.807, 2.05) is 19.1 Å². The molecule has 0 saturated heterocycles. The van der Waals surface area contributed by atoms with Crippen molar-refractivity contribution in [1.82, 2.24) is 10.2 Å². The summed E-state index contributed by atoms with van der Waals surface area (Å²) in [6.07, 6.45) is 9.72. The monoisotopic (exact) mass is 523 g/mol. The van der Waals surface area contributed by atoms with Gasteiger partial charge in [-0.2, -0.15) is 8.78 Å². The van der Waals surface area contributed by atoms with Crippen molar-refractivity contribution in [2.24, 2.45) is 5.73 Å². The van der Waals surface area contributed by atoms with Gasteiger partial charge >= 0.3 is 12.6 Å². The number of nitrogens with two attached hydrogens (primary N) is 1. The van der Waals surface area contributed by atoms with Gasteiger partial charge in [0.25, 0.3) is 5.91 Å². The number of halogens is 2. The highest BCUT2D eigenvalue weighted by Gasteiger charge is 2.35. The van der Waals surface area contributed by atoms with Crippen molar-refractivity contribution in [2.75, 3.05) is 0 Å². The van der Waals surface area contributed by atoms with E-state index in [1.165, 1.54) is 37.0 Å². The van der Waals surface area contributed by atoms with Gasteiger partial charge in [0.1, 0.15) is 6.04 Å². The molecule has 206 valence electrons. The largest absolute Gasteiger partial charge is 0.481 e. The molecule has 1 aromatic rings. The fourth-order valence-corrected chi connectivity index (χ4v) is 5.55. The van der Waals surface area contributed by atoms with Crippen LogP contribution in [0, 0.1) is 6.92 Å². The third-order valence-electron chi connectivity index (χ3n) is 7.48. The van der Waals surface area contributed by atoms with E-state index in [0.29, 0.717) is 24.2 Å². The number of carboxylic acids is 1. The fraction of sp³-hybridized carbons (Fsp3) is 0.667. The van der Waals surface area contributed by atoms with E-state index in [0.717, 1.165) is 36.8 Å². The number of nitrogens with zero attached hydrogens (tertiary/aromatic N) is 1. The number of alkyl halides is 2. The smallest absolute Gasteiger partial charge is 0.345 e. The number of ether oxygens (including phenoxy) is 1. The number of hydrogen-bond donors (Lipinski definition) is 3. The number of rotatable bonds is 9. The summed E-state index contributed by atoms with van der Waals surface area (Å²) >= 11 is 0. The van der Waals surface area contributed by atoms with E-state index in [1.54, 1.807) is 6.07 Å². The molecule has 10 heteroatoms. The van der Waals surface area contributed by atoms with Crippen molar-refractivity contribution < 1.29 is 33.0 Å². The van der Waals surface area contributed by atoms with Crippen LogP contribution in [0.25, 0.3) is 0 Å². The van der Waals surface area contributed by atoms with Gasteiger partial charge in [0.15, 0.2) is 0 Å². The molecule has 3 aliphatic rings. The number of nitrogens with one attached hydrogen (secondary N) is 1. The van der Waals surface area contributed by atoms with Crippen LogP contribution in [0.2, 0.25) is 0 Å². The van der Waals surface area contributed by atoms with E-state index in [4.69, 9.17) is 10.8 Å². The maximum absolute atomic E-state index is 12.3. The number of fused-ring (bicyclic) bond motifs is 1. The van der Waals surface area contributed by atoms with Crippen LogP contribution in [-0.2, 0) is 20.9 Å². The highest BCUT2D eigenvalue weighted by atomic mass is 19.3. The molecule has 2 aliphatic carbocycles. The zero-order valence-electron chi connectivity index (χ0n) is 21.5. The molecular formula is C27H39F2N3O5. The van der Waals surface area contributed by atoms with Crippen LogP contribution in [-0.4, -0.2) is 58.6 Å². The Hall–Kier alpha value is -2.59. The first-order valence-electron chi connectivity index (χ1n) is 13.2. The van der Waals surface area contributed by atoms with Crippen LogP contribution >= 0.6 is 0 Å². The quantitative estimate of drug-likeness (QED) is 0.448. The lowest BCUT2D eigenvalue weighted by Crippen LogP contribution is -2.45. The van der Waals surface area contributed by atoms with Crippen molar-refractivity contribution >= 4 is 17.8 Å². The molecule has 2 amide bonds. The summed E-state index contributed by atoms with van der Waals surface area (Å²) in [5.74, 6) is -1.96. The van der Waals surface area contributed by atoms with Gasteiger partial charge in [-0.3, -0.25) is 14.4 Å². The Bertz CT molecular complexity index is 931. The van der Waals surface area contributed by atoms with Crippen LogP contribution in [0.5, 0.6) is 0 Å². The molecule has 0 bridgehead atoms. The highest BCUT2D eigenvalue weighted by molar-refractivity contribution is 6.01. The summed E-state index contributed by atoms with van der Waals surface area (Å²) in [5.41, 5.74) is 7.73. The Labute approximate surface area is 216 Å². The number of hydrogen-bond acceptors (Lipinski definition) is 5. The summed E-state index contributed by atoms with van der Waals surface area (Å²) < 4.78 is 28.7. The second-order valence-electron chi connectivity index (χ2n) is 10.3. The van der Waals surface area contributed by atoms with Gasteiger partial charge in [0.05, 0.1) is 6.10 Å². The normalized spacial score (nSPS) is 22.8. The van der Waals surface area contributed by atoms with Gasteiger partial charge < -0.3 is 25.8 Å². The summed E-state index contributed by atoms with van der Waals surface area (Å²) in [4.78, 5) is 35.8. The van der Waals surface area contributed by atoms with Gasteiger partial charge in [0, 0.05) is 30.6 Å². The predicted octanol–water partition coefficient (Wildman–Crippen LogP) is 4.13. The molecule has 2 fully saturated rings. The van der Waals surface area contributed by atoms with E-state index in [9.17, 15) is 23.2 Å². The number of carbonyl (C=O) groups is 3. The van der Waals surface area contributed by atoms with Gasteiger partial charge in [-0.1, -0.05) is 37.0 Å². The minimum atomic E-state index is -2.61. The molecule has 1 aromatic carbocycles. The summed E-state index contributed by atoms with van der Waals surface area (Å²) in [6, 6.07) is 5.75. The highest BCUT2D eigenvalue weighted by Crippen LogP contribution is 2.27. The van der Waals surface area contributed by atoms with Crippen molar-refractivity contribution in [1.29, 1.82) is 0 Å². The van der Waals surface area contributed by atoms with E-state index in [2.05, 4.69) is 10.1 Å². The van der Waals surface area contributed by atoms with Crippen LogP contribution in [0.3, 0.4) is 0 Å². The molecule has 1 heterocycles. The molecular weight excluding hydrogens is 484 g/mol. The minimum Gasteiger partial charge on any atom is -0.481 e. The summed E-state index contributed by atoms with van der Waals surface area (Å²) in [5, 5.41) is 12.4. The average Bonchev–Trinajstić information content (AvgIpc) is 3.16. The summed E-state index contributed by atoms with van der Waals surface area (Å²) in [7, 11) is 0. The molecule has 37 heavy (non-hydrogen) atoms. The van der Waals surface area contributed by atoms with Gasteiger partial charge in [-0.25, -0.2) is 0 Å². The van der Waals surface area contributed by atoms with Crippen LogP contribution < -0.4 is 11.1 Å². The number of primary amides is 1. The maximum Gasteiger partial charge on any atom is 0.345 e. The van der Waals surface area contributed by atoms with Gasteiger partial charge in [0.2, 0.25) is 5.91 Å². The first-order chi connectivity index (χ1) is 17.6. The molecule has 4 rings (SSSR count). The SMILES string of the molecule is Cc1ccc2c(c1)CN(C(CCC(=O)O)C(N)=O)C2=O.FC(F)OC1CCC(NC2CCCCC2)CC1. The van der Waals surface area contributed by atoms with Crippen molar-refractivity contribution in [3.63, 3.8) is 0 Å². The number of aryl methyl sites for hydroxylation is 1. The molecule has 2 saturated carbocycles. The Morgan fingerprint density at radius 1 is 1.11 bits per heavy atom. The Morgan fingerprint density at radius 2 is 1.76 bits per heavy atom. The van der Waals surface area contributed by atoms with Crippen molar-refractivity contribution in [3.05, 3.63) is 34.9 Å². The minimum absolute atomic E-state index is 0.0311. The standard InChI is InChI=1S/C14H16N2O4.C13H23F2NO/c1-8-2-3-10-9(6-8)7-16(14(10)20)11(13(15)19)4-5-12(17)18;14-13(15)17-12-8-6-11(7-9-12)16-10-4-2-1-3-5-10/h2-3,6,11H,4-5,7H2,1H3,(H2,15,19)(H,17,18);10-13,16H,1-9H2. The Balaban J connectivity index is 0.000000208. The third-order valence-corrected chi connectivity index (χ3v) is 7.48. The second-order valence-corrected chi connectivity index (χ2v) is 10.3. The van der Waals surface area contributed by atoms with Gasteiger partial charge in [-0.05, 0) is 63.5 Å². The Morgan fingerprint density at radius 3 is 2.35 bits per heavy atom. The topological polar surface area (TPSA) is 122 Å². The molecule has 0 radical (unpaired) electrons. The first-order valence-corrected chi connectivity index (χ1v) is 13.2. The maximum atomic E-state index is 12.3. The van der Waals surface area contributed by atoms with E-state index < -0.39 is 24.5 Å². The number of aliphatic carboxylic acids is 1. The third kappa shape index (κ3) is 8.74. The molecule has 0 spiro atoms. The lowest BCUT2D eigenvalue weighted by Gasteiger charge is -2.33. The lowest BCUT2D eigenvalue weighted by molar-refractivity contribution is -0.170. The first kappa shape index (κ1) is 29.0. The second kappa shape index (κ2) is 13.8. The Kier molecular flexibility index (Phi) is 10.8. The number of carbonyl (C=O) groups excluding carboxylic acids is 2. The van der Waals surface area contributed by atoms with Crippen LogP contribution in [0.4, 0.5) is 8.78 Å². The molecule has 0 aromatic heterocycles. The van der Waals surface area contributed by atoms with E-state index in [-0.39, 0.29) is 24.9 Å². The lowest BCUT2D eigenvalue weighted by atomic mass is 9.89. The molecule has 1 aliphatic heterocycles. The zero-order chi connectivity index (χ0) is 26.9. The average molecular weight is 524 g/mol. The number of amides is 2. The van der Waals surface area contributed by atoms with Crippen molar-refractivity contribution in [2.45, 2.75) is 115 Å². The van der Waals surface area contributed by atoms with Crippen molar-refractivity contribution in [3.8, 4) is 0 Å². The molecule has 4 N–H and O–H groups in total. The molecule has 1 unspecified atom stereocenters. The molecule has 8 nitrogen and oxygen atoms in total. The predicted molar refractivity (Wildman–Crippen MR) is 134 cm³/mol. The molecule has 1 atom stereocenters. The number of benzene rings is 1.